The standard InChI is InChI=1S/C16H16FNOS/c1-2-11-3-6-13(7-4-11)19-10-12-5-8-15(17)14(9-12)16(18)20/h3-9H,2,10H2,1H3,(H2,18,20). The summed E-state index contributed by atoms with van der Waals surface area (Å²) in [4.78, 5) is 0.0525. The first-order chi connectivity index (χ1) is 9.60. The average molecular weight is 289 g/mol. The van der Waals surface area contributed by atoms with Gasteiger partial charge in [0.25, 0.3) is 0 Å². The van der Waals surface area contributed by atoms with E-state index in [-0.39, 0.29) is 10.6 Å². The molecule has 0 aliphatic rings. The fourth-order valence-electron chi connectivity index (χ4n) is 1.84. The van der Waals surface area contributed by atoms with Crippen LogP contribution < -0.4 is 10.5 Å². The largest absolute Gasteiger partial charge is 0.489 e. The van der Waals surface area contributed by atoms with Crippen LogP contribution in [0.3, 0.4) is 0 Å². The number of rotatable bonds is 5. The van der Waals surface area contributed by atoms with Gasteiger partial charge in [0.2, 0.25) is 0 Å². The highest BCUT2D eigenvalue weighted by Crippen LogP contribution is 2.16. The van der Waals surface area contributed by atoms with E-state index in [0.29, 0.717) is 6.61 Å². The summed E-state index contributed by atoms with van der Waals surface area (Å²) in [5, 5.41) is 0. The minimum atomic E-state index is -0.409. The van der Waals surface area contributed by atoms with Gasteiger partial charge in [-0.05, 0) is 41.8 Å². The lowest BCUT2D eigenvalue weighted by atomic mass is 10.1. The van der Waals surface area contributed by atoms with E-state index in [2.05, 4.69) is 6.92 Å². The number of hydrogen-bond donors (Lipinski definition) is 1. The second kappa shape index (κ2) is 6.48. The van der Waals surface area contributed by atoms with Gasteiger partial charge in [-0.1, -0.05) is 37.3 Å². The van der Waals surface area contributed by atoms with Crippen LogP contribution in [0, 0.1) is 5.82 Å². The zero-order valence-electron chi connectivity index (χ0n) is 11.2. The lowest BCUT2D eigenvalue weighted by molar-refractivity contribution is 0.306. The van der Waals surface area contributed by atoms with Gasteiger partial charge in [0.1, 0.15) is 23.2 Å². The molecule has 0 saturated heterocycles. The molecule has 0 amide bonds. The second-order valence-electron chi connectivity index (χ2n) is 4.46. The van der Waals surface area contributed by atoms with Gasteiger partial charge < -0.3 is 10.5 Å². The minimum absolute atomic E-state index is 0.0525. The third kappa shape index (κ3) is 3.54. The van der Waals surface area contributed by atoms with E-state index < -0.39 is 5.82 Å². The predicted molar refractivity (Wildman–Crippen MR) is 82.4 cm³/mol. The summed E-state index contributed by atoms with van der Waals surface area (Å²) in [5.41, 5.74) is 7.81. The molecule has 2 aromatic carbocycles. The Labute approximate surface area is 123 Å². The van der Waals surface area contributed by atoms with Gasteiger partial charge in [-0.2, -0.15) is 0 Å². The summed E-state index contributed by atoms with van der Waals surface area (Å²) in [6.07, 6.45) is 0.996. The number of nitrogens with two attached hydrogens (primary N) is 1. The van der Waals surface area contributed by atoms with E-state index in [1.165, 1.54) is 11.6 Å². The molecule has 0 aromatic heterocycles. The number of halogens is 1. The third-order valence-corrected chi connectivity index (χ3v) is 3.25. The van der Waals surface area contributed by atoms with Crippen LogP contribution >= 0.6 is 12.2 Å². The normalized spacial score (nSPS) is 10.3. The molecular formula is C16H16FNOS. The van der Waals surface area contributed by atoms with Crippen LogP contribution in [0.25, 0.3) is 0 Å². The maximum Gasteiger partial charge on any atom is 0.133 e. The molecule has 2 rings (SSSR count). The first-order valence-corrected chi connectivity index (χ1v) is 6.81. The maximum absolute atomic E-state index is 13.5. The van der Waals surface area contributed by atoms with Gasteiger partial charge in [-0.3, -0.25) is 0 Å². The molecule has 0 aliphatic carbocycles. The monoisotopic (exact) mass is 289 g/mol. The van der Waals surface area contributed by atoms with Gasteiger partial charge in [0.15, 0.2) is 0 Å². The summed E-state index contributed by atoms with van der Waals surface area (Å²) < 4.78 is 19.1. The molecule has 2 nitrogen and oxygen atoms in total. The molecule has 0 aliphatic heterocycles. The van der Waals surface area contributed by atoms with Crippen molar-refractivity contribution in [3.63, 3.8) is 0 Å². The molecule has 0 radical (unpaired) electrons. The highest BCUT2D eigenvalue weighted by atomic mass is 32.1. The van der Waals surface area contributed by atoms with E-state index >= 15 is 0 Å². The Morgan fingerprint density at radius 3 is 2.40 bits per heavy atom. The number of hydrogen-bond acceptors (Lipinski definition) is 2. The molecule has 2 aromatic rings. The quantitative estimate of drug-likeness (QED) is 0.854. The van der Waals surface area contributed by atoms with Crippen molar-refractivity contribution in [2.75, 3.05) is 0 Å². The van der Waals surface area contributed by atoms with Crippen LogP contribution in [0.15, 0.2) is 42.5 Å². The van der Waals surface area contributed by atoms with E-state index in [0.717, 1.165) is 17.7 Å². The minimum Gasteiger partial charge on any atom is -0.489 e. The maximum atomic E-state index is 13.5. The van der Waals surface area contributed by atoms with Crippen molar-refractivity contribution in [1.82, 2.24) is 0 Å². The molecule has 20 heavy (non-hydrogen) atoms. The Morgan fingerprint density at radius 2 is 1.80 bits per heavy atom. The Balaban J connectivity index is 2.06. The lowest BCUT2D eigenvalue weighted by Gasteiger charge is -2.09. The summed E-state index contributed by atoms with van der Waals surface area (Å²) in [6, 6.07) is 12.6. The smallest absolute Gasteiger partial charge is 0.133 e. The van der Waals surface area contributed by atoms with Crippen LogP contribution in [0.2, 0.25) is 0 Å². The van der Waals surface area contributed by atoms with Crippen molar-refractivity contribution in [3.8, 4) is 5.75 Å². The fraction of sp³-hybridized carbons (Fsp3) is 0.188. The molecule has 0 saturated carbocycles. The molecule has 0 bridgehead atoms. The molecular weight excluding hydrogens is 273 g/mol. The Hall–Kier alpha value is -1.94. The molecule has 0 fully saturated rings. The number of aryl methyl sites for hydroxylation is 1. The van der Waals surface area contributed by atoms with Gasteiger partial charge in [-0.25, -0.2) is 4.39 Å². The predicted octanol–water partition coefficient (Wildman–Crippen LogP) is 3.60. The van der Waals surface area contributed by atoms with Crippen LogP contribution in [0.4, 0.5) is 4.39 Å². The Kier molecular flexibility index (Phi) is 4.69. The summed E-state index contributed by atoms with van der Waals surface area (Å²) >= 11 is 4.81. The van der Waals surface area contributed by atoms with Crippen LogP contribution in [-0.2, 0) is 13.0 Å². The number of benzene rings is 2. The van der Waals surface area contributed by atoms with Crippen molar-refractivity contribution in [3.05, 3.63) is 65.0 Å². The Bertz CT molecular complexity index is 610. The SMILES string of the molecule is CCc1ccc(OCc2ccc(F)c(C(N)=S)c2)cc1. The van der Waals surface area contributed by atoms with Crippen molar-refractivity contribution >= 4 is 17.2 Å². The van der Waals surface area contributed by atoms with Gasteiger partial charge >= 0.3 is 0 Å². The van der Waals surface area contributed by atoms with E-state index in [9.17, 15) is 4.39 Å². The third-order valence-electron chi connectivity index (χ3n) is 3.03. The van der Waals surface area contributed by atoms with Crippen LogP contribution in [-0.4, -0.2) is 4.99 Å². The fourth-order valence-corrected chi connectivity index (χ4v) is 2.00. The molecule has 2 N–H and O–H groups in total. The van der Waals surface area contributed by atoms with Crippen molar-refractivity contribution in [2.45, 2.75) is 20.0 Å². The topological polar surface area (TPSA) is 35.2 Å². The molecule has 4 heteroatoms. The molecule has 0 atom stereocenters. The van der Waals surface area contributed by atoms with E-state index in [1.54, 1.807) is 12.1 Å². The number of ether oxygens (including phenoxy) is 1. The van der Waals surface area contributed by atoms with E-state index in [4.69, 9.17) is 22.7 Å². The zero-order valence-corrected chi connectivity index (χ0v) is 12.0. The van der Waals surface area contributed by atoms with Gasteiger partial charge in [0.05, 0.1) is 0 Å². The summed E-state index contributed by atoms with van der Waals surface area (Å²) in [7, 11) is 0. The zero-order chi connectivity index (χ0) is 14.5. The second-order valence-corrected chi connectivity index (χ2v) is 4.90. The average Bonchev–Trinajstić information content (AvgIpc) is 2.46. The van der Waals surface area contributed by atoms with Crippen LogP contribution in [0.1, 0.15) is 23.6 Å². The van der Waals surface area contributed by atoms with Crippen LogP contribution in [0.5, 0.6) is 5.75 Å². The lowest BCUT2D eigenvalue weighted by Crippen LogP contribution is -2.12. The molecule has 0 heterocycles. The van der Waals surface area contributed by atoms with E-state index in [1.807, 2.05) is 24.3 Å². The van der Waals surface area contributed by atoms with Gasteiger partial charge in [0, 0.05) is 5.56 Å². The highest BCUT2D eigenvalue weighted by Gasteiger charge is 2.06. The first-order valence-electron chi connectivity index (χ1n) is 6.40. The Morgan fingerprint density at radius 1 is 1.15 bits per heavy atom. The summed E-state index contributed by atoms with van der Waals surface area (Å²) in [5.74, 6) is 0.372. The molecule has 0 unspecified atom stereocenters. The van der Waals surface area contributed by atoms with Gasteiger partial charge in [-0.15, -0.1) is 0 Å². The molecule has 104 valence electrons. The van der Waals surface area contributed by atoms with Crippen molar-refractivity contribution < 1.29 is 9.13 Å². The summed E-state index contributed by atoms with van der Waals surface area (Å²) in [6.45, 7) is 2.45. The first kappa shape index (κ1) is 14.5. The highest BCUT2D eigenvalue weighted by molar-refractivity contribution is 7.80. The van der Waals surface area contributed by atoms with Crippen molar-refractivity contribution in [2.24, 2.45) is 5.73 Å². The van der Waals surface area contributed by atoms with Crippen molar-refractivity contribution in [1.29, 1.82) is 0 Å². The number of thiocarbonyl (C=S) groups is 1. The molecule has 0 spiro atoms.